The van der Waals surface area contributed by atoms with Gasteiger partial charge >= 0.3 is 6.18 Å². The molecular formula is C14H10F3NO2. The molecule has 0 fully saturated rings. The summed E-state index contributed by atoms with van der Waals surface area (Å²) in [7, 11) is 1.45. The van der Waals surface area contributed by atoms with Gasteiger partial charge in [-0.25, -0.2) is 4.98 Å². The van der Waals surface area contributed by atoms with Gasteiger partial charge in [0.15, 0.2) is 6.29 Å². The highest BCUT2D eigenvalue weighted by atomic mass is 19.4. The number of hydrogen-bond acceptors (Lipinski definition) is 3. The number of carbonyl (C=O) groups is 1. The number of aldehydes is 1. The number of carbonyl (C=O) groups excluding carboxylic acids is 1. The Morgan fingerprint density at radius 1 is 1.15 bits per heavy atom. The van der Waals surface area contributed by atoms with E-state index in [1.54, 1.807) is 12.1 Å². The van der Waals surface area contributed by atoms with Crippen LogP contribution in [0.4, 0.5) is 13.2 Å². The fourth-order valence-corrected chi connectivity index (χ4v) is 1.76. The van der Waals surface area contributed by atoms with Crippen molar-refractivity contribution in [3.63, 3.8) is 0 Å². The number of ether oxygens (including phenoxy) is 1. The van der Waals surface area contributed by atoms with E-state index in [9.17, 15) is 18.0 Å². The summed E-state index contributed by atoms with van der Waals surface area (Å²) in [5, 5.41) is 0. The van der Waals surface area contributed by atoms with Crippen LogP contribution < -0.4 is 4.74 Å². The molecule has 2 aromatic rings. The van der Waals surface area contributed by atoms with Crippen LogP contribution in [0.15, 0.2) is 36.5 Å². The summed E-state index contributed by atoms with van der Waals surface area (Å²) in [5.74, 6) is 0.370. The van der Waals surface area contributed by atoms with Crippen LogP contribution in [0, 0.1) is 0 Å². The highest BCUT2D eigenvalue weighted by molar-refractivity contribution is 5.80. The second-order valence-electron chi connectivity index (χ2n) is 4.01. The van der Waals surface area contributed by atoms with Crippen LogP contribution in [0.25, 0.3) is 11.1 Å². The molecule has 0 aliphatic heterocycles. The van der Waals surface area contributed by atoms with E-state index in [0.29, 0.717) is 17.0 Å². The Balaban J connectivity index is 2.49. The first kappa shape index (κ1) is 14.0. The smallest absolute Gasteiger partial charge is 0.417 e. The van der Waals surface area contributed by atoms with Crippen molar-refractivity contribution in [2.24, 2.45) is 0 Å². The number of rotatable bonds is 3. The zero-order valence-corrected chi connectivity index (χ0v) is 10.4. The van der Waals surface area contributed by atoms with Crippen molar-refractivity contribution in [3.8, 4) is 17.0 Å². The van der Waals surface area contributed by atoms with Crippen LogP contribution in [-0.2, 0) is 6.18 Å². The summed E-state index contributed by atoms with van der Waals surface area (Å²) in [4.78, 5) is 14.6. The van der Waals surface area contributed by atoms with Gasteiger partial charge < -0.3 is 4.74 Å². The van der Waals surface area contributed by atoms with Crippen LogP contribution in [0.2, 0.25) is 0 Å². The molecule has 0 bridgehead atoms. The molecule has 2 rings (SSSR count). The minimum atomic E-state index is -4.58. The second kappa shape index (κ2) is 5.32. The predicted octanol–water partition coefficient (Wildman–Crippen LogP) is 3.59. The molecule has 0 N–H and O–H groups in total. The monoisotopic (exact) mass is 281 g/mol. The Labute approximate surface area is 113 Å². The third-order valence-electron chi connectivity index (χ3n) is 2.76. The van der Waals surface area contributed by atoms with E-state index in [2.05, 4.69) is 4.98 Å². The molecular weight excluding hydrogens is 271 g/mol. The van der Waals surface area contributed by atoms with Gasteiger partial charge in [-0.05, 0) is 17.7 Å². The molecule has 1 heterocycles. The lowest BCUT2D eigenvalue weighted by molar-refractivity contribution is -0.137. The predicted molar refractivity (Wildman–Crippen MR) is 66.6 cm³/mol. The van der Waals surface area contributed by atoms with E-state index < -0.39 is 11.7 Å². The van der Waals surface area contributed by atoms with E-state index in [-0.39, 0.29) is 11.8 Å². The second-order valence-corrected chi connectivity index (χ2v) is 4.01. The van der Waals surface area contributed by atoms with E-state index in [1.807, 2.05) is 0 Å². The van der Waals surface area contributed by atoms with E-state index in [0.717, 1.165) is 12.1 Å². The Bertz CT molecular complexity index is 621. The van der Waals surface area contributed by atoms with Crippen molar-refractivity contribution in [2.75, 3.05) is 7.11 Å². The Kier molecular flexibility index (Phi) is 3.74. The number of alkyl halides is 3. The molecule has 1 aromatic carbocycles. The van der Waals surface area contributed by atoms with Crippen molar-refractivity contribution in [2.45, 2.75) is 6.18 Å². The highest BCUT2D eigenvalue weighted by Gasteiger charge is 2.33. The molecule has 0 spiro atoms. The van der Waals surface area contributed by atoms with Crippen molar-refractivity contribution in [1.82, 2.24) is 4.98 Å². The maximum atomic E-state index is 12.9. The summed E-state index contributed by atoms with van der Waals surface area (Å²) in [6, 6.07) is 6.68. The third kappa shape index (κ3) is 2.79. The molecule has 1 aromatic heterocycles. The van der Waals surface area contributed by atoms with E-state index in [1.165, 1.54) is 19.4 Å². The molecule has 0 aliphatic rings. The quantitative estimate of drug-likeness (QED) is 0.807. The van der Waals surface area contributed by atoms with Gasteiger partial charge in [0.25, 0.3) is 0 Å². The van der Waals surface area contributed by atoms with Crippen molar-refractivity contribution < 1.29 is 22.7 Å². The first-order valence-corrected chi connectivity index (χ1v) is 5.62. The topological polar surface area (TPSA) is 39.2 Å². The Morgan fingerprint density at radius 3 is 2.35 bits per heavy atom. The van der Waals surface area contributed by atoms with Crippen LogP contribution in [0.3, 0.4) is 0 Å². The van der Waals surface area contributed by atoms with Crippen molar-refractivity contribution >= 4 is 6.29 Å². The summed E-state index contributed by atoms with van der Waals surface area (Å²) >= 11 is 0. The molecule has 0 atom stereocenters. The average molecular weight is 281 g/mol. The van der Waals surface area contributed by atoms with Gasteiger partial charge in [-0.15, -0.1) is 0 Å². The number of pyridine rings is 1. The zero-order valence-electron chi connectivity index (χ0n) is 10.4. The minimum Gasteiger partial charge on any atom is -0.481 e. The van der Waals surface area contributed by atoms with Crippen LogP contribution in [-0.4, -0.2) is 18.4 Å². The number of halogens is 3. The largest absolute Gasteiger partial charge is 0.481 e. The van der Waals surface area contributed by atoms with Gasteiger partial charge in [0, 0.05) is 23.4 Å². The minimum absolute atomic E-state index is 0.193. The van der Waals surface area contributed by atoms with Gasteiger partial charge in [0.1, 0.15) is 0 Å². The maximum absolute atomic E-state index is 12.9. The fourth-order valence-electron chi connectivity index (χ4n) is 1.76. The average Bonchev–Trinajstić information content (AvgIpc) is 2.46. The van der Waals surface area contributed by atoms with Crippen molar-refractivity contribution in [1.29, 1.82) is 0 Å². The zero-order chi connectivity index (χ0) is 14.8. The summed E-state index contributed by atoms with van der Waals surface area (Å²) in [5.41, 5.74) is -0.504. The summed E-state index contributed by atoms with van der Waals surface area (Å²) < 4.78 is 43.4. The van der Waals surface area contributed by atoms with Gasteiger partial charge in [-0.3, -0.25) is 4.79 Å². The highest BCUT2D eigenvalue weighted by Crippen LogP contribution is 2.34. The lowest BCUT2D eigenvalue weighted by atomic mass is 10.0. The fraction of sp³-hybridized carbons (Fsp3) is 0.143. The van der Waals surface area contributed by atoms with Crippen LogP contribution >= 0.6 is 0 Å². The lowest BCUT2D eigenvalue weighted by Crippen LogP contribution is -2.09. The van der Waals surface area contributed by atoms with Gasteiger partial charge in [0.05, 0.1) is 12.7 Å². The SMILES string of the molecule is COc1ccc(-c2ccc(C=O)c(C(F)(F)F)c2)cn1. The summed E-state index contributed by atoms with van der Waals surface area (Å²) in [6.07, 6.45) is -2.97. The van der Waals surface area contributed by atoms with E-state index in [4.69, 9.17) is 4.74 Å². The van der Waals surface area contributed by atoms with Crippen LogP contribution in [0.5, 0.6) is 5.88 Å². The van der Waals surface area contributed by atoms with Gasteiger partial charge in [0.2, 0.25) is 5.88 Å². The molecule has 6 heteroatoms. The molecule has 0 amide bonds. The number of hydrogen-bond donors (Lipinski definition) is 0. The number of methoxy groups -OCH3 is 1. The standard InChI is InChI=1S/C14H10F3NO2/c1-20-13-5-4-10(7-18-13)9-2-3-11(8-19)12(6-9)14(15,16)17/h2-8H,1H3. The van der Waals surface area contributed by atoms with Crippen LogP contribution in [0.1, 0.15) is 15.9 Å². The molecule has 0 unspecified atom stereocenters. The van der Waals surface area contributed by atoms with Gasteiger partial charge in [-0.2, -0.15) is 13.2 Å². The molecule has 0 saturated heterocycles. The molecule has 0 saturated carbocycles. The first-order valence-electron chi connectivity index (χ1n) is 5.62. The molecule has 0 aliphatic carbocycles. The number of aromatic nitrogens is 1. The lowest BCUT2D eigenvalue weighted by Gasteiger charge is -2.11. The molecule has 104 valence electrons. The molecule has 20 heavy (non-hydrogen) atoms. The van der Waals surface area contributed by atoms with E-state index >= 15 is 0 Å². The maximum Gasteiger partial charge on any atom is 0.417 e. The molecule has 0 radical (unpaired) electrons. The first-order chi connectivity index (χ1) is 9.45. The van der Waals surface area contributed by atoms with Gasteiger partial charge in [-0.1, -0.05) is 12.1 Å². The Morgan fingerprint density at radius 2 is 1.85 bits per heavy atom. The summed E-state index contributed by atoms with van der Waals surface area (Å²) in [6.45, 7) is 0. The van der Waals surface area contributed by atoms with Crippen molar-refractivity contribution in [3.05, 3.63) is 47.7 Å². The number of benzene rings is 1. The Hall–Kier alpha value is -2.37. The normalized spacial score (nSPS) is 11.2. The third-order valence-corrected chi connectivity index (χ3v) is 2.76. The number of nitrogens with zero attached hydrogens (tertiary/aromatic N) is 1. The molecule has 3 nitrogen and oxygen atoms in total.